The van der Waals surface area contributed by atoms with Crippen molar-refractivity contribution in [2.24, 2.45) is 0 Å². The first-order valence-corrected chi connectivity index (χ1v) is 10.7. The Kier molecular flexibility index (Phi) is 5.77. The maximum Gasteiger partial charge on any atom is 0.241 e. The minimum atomic E-state index is -3.66. The Morgan fingerprint density at radius 2 is 1.48 bits per heavy atom. The second-order valence-corrected chi connectivity index (χ2v) is 9.14. The van der Waals surface area contributed by atoms with Crippen LogP contribution in [-0.4, -0.2) is 21.6 Å². The van der Waals surface area contributed by atoms with Crippen LogP contribution in [0, 0.1) is 0 Å². The fourth-order valence-electron chi connectivity index (χ4n) is 3.36. The van der Waals surface area contributed by atoms with Gasteiger partial charge in [-0.1, -0.05) is 12.1 Å². The maximum atomic E-state index is 12.8. The fourth-order valence-corrected chi connectivity index (χ4v) is 4.76. The molecule has 5 nitrogen and oxygen atoms in total. The third-order valence-electron chi connectivity index (χ3n) is 4.94. The van der Waals surface area contributed by atoms with Crippen LogP contribution in [-0.2, 0) is 15.6 Å². The molecule has 1 aliphatic carbocycles. The van der Waals surface area contributed by atoms with Crippen LogP contribution in [0.3, 0.4) is 0 Å². The quantitative estimate of drug-likeness (QED) is 0.770. The Hall–Kier alpha value is -2.05. The van der Waals surface area contributed by atoms with Gasteiger partial charge in [-0.05, 0) is 81.5 Å². The van der Waals surface area contributed by atoms with Gasteiger partial charge in [-0.15, -0.1) is 0 Å². The molecule has 2 aromatic carbocycles. The first-order chi connectivity index (χ1) is 12.8. The third-order valence-corrected chi connectivity index (χ3v) is 6.61. The Bertz CT molecular complexity index is 852. The first-order valence-electron chi connectivity index (χ1n) is 9.25. The van der Waals surface area contributed by atoms with Crippen molar-refractivity contribution >= 4 is 10.0 Å². The van der Waals surface area contributed by atoms with Crippen LogP contribution in [0.4, 0.5) is 0 Å². The molecule has 1 N–H and O–H groups in total. The monoisotopic (exact) mass is 389 g/mol. The van der Waals surface area contributed by atoms with Gasteiger partial charge in [0.1, 0.15) is 11.5 Å². The van der Waals surface area contributed by atoms with Gasteiger partial charge in [0, 0.05) is 0 Å². The van der Waals surface area contributed by atoms with Gasteiger partial charge in [0.05, 0.1) is 23.6 Å². The molecule has 1 aliphatic rings. The van der Waals surface area contributed by atoms with Crippen LogP contribution in [0.2, 0.25) is 0 Å². The van der Waals surface area contributed by atoms with Crippen molar-refractivity contribution in [3.8, 4) is 11.5 Å². The Balaban J connectivity index is 1.72. The van der Waals surface area contributed by atoms with Crippen LogP contribution >= 0.6 is 0 Å². The van der Waals surface area contributed by atoms with E-state index in [0.29, 0.717) is 0 Å². The maximum absolute atomic E-state index is 12.8. The van der Waals surface area contributed by atoms with Crippen LogP contribution in [0.25, 0.3) is 0 Å². The molecule has 6 heteroatoms. The molecule has 0 aromatic heterocycles. The summed E-state index contributed by atoms with van der Waals surface area (Å²) in [6.07, 6.45) is 4.78. The molecule has 2 aromatic rings. The predicted molar refractivity (Wildman–Crippen MR) is 106 cm³/mol. The lowest BCUT2D eigenvalue weighted by Crippen LogP contribution is -2.40. The zero-order valence-corrected chi connectivity index (χ0v) is 16.9. The Morgan fingerprint density at radius 1 is 0.926 bits per heavy atom. The summed E-state index contributed by atoms with van der Waals surface area (Å²) in [7, 11) is -2.06. The summed E-state index contributed by atoms with van der Waals surface area (Å²) in [5.74, 6) is 1.45. The van der Waals surface area contributed by atoms with Gasteiger partial charge < -0.3 is 9.47 Å². The number of hydrogen-bond acceptors (Lipinski definition) is 4. The predicted octanol–water partition coefficient (Wildman–Crippen LogP) is 4.23. The van der Waals surface area contributed by atoms with Crippen molar-refractivity contribution in [1.29, 1.82) is 0 Å². The SMILES string of the molecule is COc1ccc(C(C)(C)NS(=O)(=O)c2ccc(OC3CCCC3)cc2)cc1. The molecule has 27 heavy (non-hydrogen) atoms. The van der Waals surface area contributed by atoms with E-state index in [1.54, 1.807) is 31.4 Å². The molecule has 0 amide bonds. The van der Waals surface area contributed by atoms with Crippen LogP contribution < -0.4 is 14.2 Å². The van der Waals surface area contributed by atoms with Gasteiger partial charge in [-0.2, -0.15) is 0 Å². The summed E-state index contributed by atoms with van der Waals surface area (Å²) in [6, 6.07) is 14.0. The highest BCUT2D eigenvalue weighted by Crippen LogP contribution is 2.27. The summed E-state index contributed by atoms with van der Waals surface area (Å²) in [6.45, 7) is 3.67. The minimum absolute atomic E-state index is 0.225. The van der Waals surface area contributed by atoms with E-state index >= 15 is 0 Å². The van der Waals surface area contributed by atoms with Crippen molar-refractivity contribution < 1.29 is 17.9 Å². The molecule has 0 unspecified atom stereocenters. The highest BCUT2D eigenvalue weighted by molar-refractivity contribution is 7.89. The Labute approximate surface area is 161 Å². The second-order valence-electron chi connectivity index (χ2n) is 7.45. The van der Waals surface area contributed by atoms with Gasteiger partial charge in [0.2, 0.25) is 10.0 Å². The molecular formula is C21H27NO4S. The van der Waals surface area contributed by atoms with E-state index in [4.69, 9.17) is 9.47 Å². The largest absolute Gasteiger partial charge is 0.497 e. The number of methoxy groups -OCH3 is 1. The average molecular weight is 390 g/mol. The number of sulfonamides is 1. The number of rotatable bonds is 7. The van der Waals surface area contributed by atoms with Gasteiger partial charge in [-0.3, -0.25) is 0 Å². The van der Waals surface area contributed by atoms with E-state index in [0.717, 1.165) is 29.9 Å². The van der Waals surface area contributed by atoms with E-state index in [1.165, 1.54) is 12.8 Å². The lowest BCUT2D eigenvalue weighted by Gasteiger charge is -2.27. The van der Waals surface area contributed by atoms with Gasteiger partial charge in [0.15, 0.2) is 0 Å². The number of nitrogens with one attached hydrogen (secondary N) is 1. The highest BCUT2D eigenvalue weighted by Gasteiger charge is 2.28. The molecule has 0 bridgehead atoms. The fraction of sp³-hybridized carbons (Fsp3) is 0.429. The molecule has 1 fully saturated rings. The van der Waals surface area contributed by atoms with E-state index in [1.807, 2.05) is 38.1 Å². The number of hydrogen-bond donors (Lipinski definition) is 1. The molecule has 0 saturated heterocycles. The highest BCUT2D eigenvalue weighted by atomic mass is 32.2. The van der Waals surface area contributed by atoms with Crippen molar-refractivity contribution in [2.45, 2.75) is 56.1 Å². The van der Waals surface area contributed by atoms with Crippen molar-refractivity contribution in [3.63, 3.8) is 0 Å². The van der Waals surface area contributed by atoms with Crippen LogP contribution in [0.1, 0.15) is 45.1 Å². The van der Waals surface area contributed by atoms with Crippen LogP contribution in [0.15, 0.2) is 53.4 Å². The van der Waals surface area contributed by atoms with E-state index in [9.17, 15) is 8.42 Å². The van der Waals surface area contributed by atoms with E-state index < -0.39 is 15.6 Å². The zero-order valence-electron chi connectivity index (χ0n) is 16.1. The van der Waals surface area contributed by atoms with Gasteiger partial charge in [0.25, 0.3) is 0 Å². The van der Waals surface area contributed by atoms with Crippen LogP contribution in [0.5, 0.6) is 11.5 Å². The average Bonchev–Trinajstić information content (AvgIpc) is 3.14. The Morgan fingerprint density at radius 3 is 2.04 bits per heavy atom. The third kappa shape index (κ3) is 4.82. The normalized spacial score (nSPS) is 15.7. The molecule has 146 valence electrons. The molecule has 0 atom stereocenters. The molecule has 0 aliphatic heterocycles. The lowest BCUT2D eigenvalue weighted by molar-refractivity contribution is 0.210. The summed E-state index contributed by atoms with van der Waals surface area (Å²) in [4.78, 5) is 0.225. The van der Waals surface area contributed by atoms with E-state index in [-0.39, 0.29) is 11.0 Å². The van der Waals surface area contributed by atoms with Crippen molar-refractivity contribution in [2.75, 3.05) is 7.11 Å². The summed E-state index contributed by atoms with van der Waals surface area (Å²) >= 11 is 0. The van der Waals surface area contributed by atoms with Crippen molar-refractivity contribution in [1.82, 2.24) is 4.72 Å². The summed E-state index contributed by atoms with van der Waals surface area (Å²) in [5.41, 5.74) is 0.0949. The second kappa shape index (κ2) is 7.90. The van der Waals surface area contributed by atoms with E-state index in [2.05, 4.69) is 4.72 Å². The minimum Gasteiger partial charge on any atom is -0.497 e. The van der Waals surface area contributed by atoms with Gasteiger partial charge >= 0.3 is 0 Å². The standard InChI is InChI=1S/C21H27NO4S/c1-21(2,16-8-10-17(25-3)11-9-16)22-27(23,24)20-14-12-19(13-15-20)26-18-6-4-5-7-18/h8-15,18,22H,4-7H2,1-3H3. The smallest absolute Gasteiger partial charge is 0.241 e. The van der Waals surface area contributed by atoms with Crippen molar-refractivity contribution in [3.05, 3.63) is 54.1 Å². The lowest BCUT2D eigenvalue weighted by atomic mass is 9.96. The topological polar surface area (TPSA) is 64.6 Å². The molecule has 0 radical (unpaired) electrons. The molecule has 0 spiro atoms. The molecular weight excluding hydrogens is 362 g/mol. The number of ether oxygens (including phenoxy) is 2. The van der Waals surface area contributed by atoms with Gasteiger partial charge in [-0.25, -0.2) is 13.1 Å². The molecule has 1 saturated carbocycles. The first kappa shape index (κ1) is 19.7. The zero-order chi connectivity index (χ0) is 19.5. The summed E-state index contributed by atoms with van der Waals surface area (Å²) in [5, 5.41) is 0. The molecule has 0 heterocycles. The number of benzene rings is 2. The summed E-state index contributed by atoms with van der Waals surface area (Å²) < 4.78 is 39.5. The molecule has 3 rings (SSSR count).